The van der Waals surface area contributed by atoms with Gasteiger partial charge < -0.3 is 15.4 Å². The fourth-order valence-corrected chi connectivity index (χ4v) is 2.01. The van der Waals surface area contributed by atoms with E-state index in [2.05, 4.69) is 29.7 Å². The molecule has 0 saturated carbocycles. The van der Waals surface area contributed by atoms with Gasteiger partial charge in [0.05, 0.1) is 7.11 Å². The van der Waals surface area contributed by atoms with Crippen LogP contribution in [-0.2, 0) is 0 Å². The van der Waals surface area contributed by atoms with E-state index < -0.39 is 0 Å². The highest BCUT2D eigenvalue weighted by Crippen LogP contribution is 2.22. The molecule has 15 heavy (non-hydrogen) atoms. The molecular weight excluding hydrogens is 188 g/mol. The topological polar surface area (TPSA) is 33.3 Å². The first-order valence-electron chi connectivity index (χ1n) is 5.40. The summed E-state index contributed by atoms with van der Waals surface area (Å²) in [5, 5.41) is 6.88. The summed E-state index contributed by atoms with van der Waals surface area (Å²) in [5.41, 5.74) is 2.53. The maximum Gasteiger partial charge on any atom is 0.121 e. The van der Waals surface area contributed by atoms with E-state index in [1.165, 1.54) is 11.1 Å². The van der Waals surface area contributed by atoms with E-state index in [-0.39, 0.29) is 0 Å². The summed E-state index contributed by atoms with van der Waals surface area (Å²) in [5.74, 6) is 0.961. The molecule has 82 valence electrons. The molecule has 3 heteroatoms. The van der Waals surface area contributed by atoms with Crippen molar-refractivity contribution in [2.45, 2.75) is 13.0 Å². The maximum absolute atomic E-state index is 5.25. The van der Waals surface area contributed by atoms with Crippen molar-refractivity contribution >= 4 is 0 Å². The van der Waals surface area contributed by atoms with Crippen molar-refractivity contribution in [1.29, 1.82) is 0 Å². The van der Waals surface area contributed by atoms with Crippen molar-refractivity contribution in [3.05, 3.63) is 29.3 Å². The molecule has 0 radical (unpaired) electrons. The molecule has 0 spiro atoms. The number of benzene rings is 1. The van der Waals surface area contributed by atoms with Gasteiger partial charge in [-0.3, -0.25) is 0 Å². The van der Waals surface area contributed by atoms with Crippen LogP contribution in [0.3, 0.4) is 0 Å². The predicted molar refractivity (Wildman–Crippen MR) is 61.3 cm³/mol. The number of piperazine rings is 1. The molecule has 1 heterocycles. The quantitative estimate of drug-likeness (QED) is 0.763. The predicted octanol–water partition coefficient (Wildman–Crippen LogP) is 1.24. The van der Waals surface area contributed by atoms with Crippen LogP contribution in [0.1, 0.15) is 17.2 Å². The van der Waals surface area contributed by atoms with Crippen LogP contribution in [0.15, 0.2) is 18.2 Å². The highest BCUT2D eigenvalue weighted by atomic mass is 16.5. The van der Waals surface area contributed by atoms with E-state index in [1.54, 1.807) is 7.11 Å². The third-order valence-electron chi connectivity index (χ3n) is 2.86. The molecule has 1 saturated heterocycles. The zero-order valence-corrected chi connectivity index (χ0v) is 9.34. The Morgan fingerprint density at radius 3 is 2.80 bits per heavy atom. The molecule has 1 unspecified atom stereocenters. The van der Waals surface area contributed by atoms with Crippen LogP contribution in [0, 0.1) is 6.92 Å². The number of hydrogen-bond acceptors (Lipinski definition) is 3. The second-order valence-corrected chi connectivity index (χ2v) is 3.94. The standard InChI is InChI=1S/C12H18N2O/c1-9-7-10(3-4-12(9)15-2)11-8-13-5-6-14-11/h3-4,7,11,13-14H,5-6,8H2,1-2H3. The summed E-state index contributed by atoms with van der Waals surface area (Å²) in [6.45, 7) is 5.19. The van der Waals surface area contributed by atoms with Crippen molar-refractivity contribution in [2.24, 2.45) is 0 Å². The summed E-state index contributed by atoms with van der Waals surface area (Å²) in [4.78, 5) is 0. The van der Waals surface area contributed by atoms with Crippen molar-refractivity contribution in [2.75, 3.05) is 26.7 Å². The van der Waals surface area contributed by atoms with Crippen molar-refractivity contribution in [3.8, 4) is 5.75 Å². The van der Waals surface area contributed by atoms with Gasteiger partial charge in [0, 0.05) is 25.7 Å². The molecule has 0 bridgehead atoms. The summed E-state index contributed by atoms with van der Waals surface area (Å²) >= 11 is 0. The minimum Gasteiger partial charge on any atom is -0.496 e. The number of nitrogens with one attached hydrogen (secondary N) is 2. The van der Waals surface area contributed by atoms with Crippen LogP contribution in [0.25, 0.3) is 0 Å². The van der Waals surface area contributed by atoms with Crippen molar-refractivity contribution in [3.63, 3.8) is 0 Å². The normalized spacial score (nSPS) is 21.3. The van der Waals surface area contributed by atoms with Crippen molar-refractivity contribution < 1.29 is 4.74 Å². The SMILES string of the molecule is COc1ccc(C2CNCCN2)cc1C. The van der Waals surface area contributed by atoms with Gasteiger partial charge in [0.15, 0.2) is 0 Å². The van der Waals surface area contributed by atoms with Gasteiger partial charge in [-0.05, 0) is 24.1 Å². The number of rotatable bonds is 2. The molecule has 1 atom stereocenters. The zero-order chi connectivity index (χ0) is 10.7. The van der Waals surface area contributed by atoms with Crippen LogP contribution in [0.5, 0.6) is 5.75 Å². The van der Waals surface area contributed by atoms with E-state index in [9.17, 15) is 0 Å². The Bertz CT molecular complexity index is 332. The molecule has 2 rings (SSSR count). The largest absolute Gasteiger partial charge is 0.496 e. The number of ether oxygens (including phenoxy) is 1. The molecule has 1 aromatic rings. The molecule has 0 amide bonds. The molecular formula is C12H18N2O. The van der Waals surface area contributed by atoms with Gasteiger partial charge in [-0.25, -0.2) is 0 Å². The average Bonchev–Trinajstić information content (AvgIpc) is 2.30. The lowest BCUT2D eigenvalue weighted by Gasteiger charge is -2.25. The lowest BCUT2D eigenvalue weighted by molar-refractivity contribution is 0.409. The number of aryl methyl sites for hydroxylation is 1. The van der Waals surface area contributed by atoms with E-state index in [0.29, 0.717) is 6.04 Å². The number of methoxy groups -OCH3 is 1. The van der Waals surface area contributed by atoms with E-state index in [0.717, 1.165) is 25.4 Å². The van der Waals surface area contributed by atoms with Gasteiger partial charge in [-0.1, -0.05) is 12.1 Å². The Morgan fingerprint density at radius 2 is 2.20 bits per heavy atom. The summed E-state index contributed by atoms with van der Waals surface area (Å²) < 4.78 is 5.25. The first-order chi connectivity index (χ1) is 7.31. The average molecular weight is 206 g/mol. The van der Waals surface area contributed by atoms with Crippen LogP contribution in [0.4, 0.5) is 0 Å². The molecule has 1 aliphatic rings. The molecule has 0 aliphatic carbocycles. The Morgan fingerprint density at radius 1 is 1.33 bits per heavy atom. The fraction of sp³-hybridized carbons (Fsp3) is 0.500. The summed E-state index contributed by atoms with van der Waals surface area (Å²) in [6, 6.07) is 6.81. The minimum absolute atomic E-state index is 0.434. The van der Waals surface area contributed by atoms with Crippen LogP contribution in [-0.4, -0.2) is 26.7 Å². The Kier molecular flexibility index (Phi) is 3.23. The molecule has 2 N–H and O–H groups in total. The second kappa shape index (κ2) is 4.64. The minimum atomic E-state index is 0.434. The van der Waals surface area contributed by atoms with Crippen molar-refractivity contribution in [1.82, 2.24) is 10.6 Å². The zero-order valence-electron chi connectivity index (χ0n) is 9.34. The maximum atomic E-state index is 5.25. The van der Waals surface area contributed by atoms with E-state index >= 15 is 0 Å². The third kappa shape index (κ3) is 2.30. The number of hydrogen-bond donors (Lipinski definition) is 2. The van der Waals surface area contributed by atoms with Gasteiger partial charge in [0.25, 0.3) is 0 Å². The van der Waals surface area contributed by atoms with Crippen LogP contribution >= 0.6 is 0 Å². The second-order valence-electron chi connectivity index (χ2n) is 3.94. The summed E-state index contributed by atoms with van der Waals surface area (Å²) in [6.07, 6.45) is 0. The third-order valence-corrected chi connectivity index (χ3v) is 2.86. The molecule has 1 fully saturated rings. The van der Waals surface area contributed by atoms with Gasteiger partial charge in [0.1, 0.15) is 5.75 Å². The lowest BCUT2D eigenvalue weighted by Crippen LogP contribution is -2.42. The smallest absolute Gasteiger partial charge is 0.121 e. The van der Waals surface area contributed by atoms with Crippen LogP contribution in [0.2, 0.25) is 0 Å². The van der Waals surface area contributed by atoms with Crippen LogP contribution < -0.4 is 15.4 Å². The molecule has 0 aromatic heterocycles. The highest BCUT2D eigenvalue weighted by molar-refractivity contribution is 5.37. The first-order valence-corrected chi connectivity index (χ1v) is 5.40. The highest BCUT2D eigenvalue weighted by Gasteiger charge is 2.14. The molecule has 1 aliphatic heterocycles. The Balaban J connectivity index is 2.17. The van der Waals surface area contributed by atoms with Gasteiger partial charge in [-0.2, -0.15) is 0 Å². The fourth-order valence-electron chi connectivity index (χ4n) is 2.01. The first kappa shape index (κ1) is 10.5. The van der Waals surface area contributed by atoms with Gasteiger partial charge in [0.2, 0.25) is 0 Å². The lowest BCUT2D eigenvalue weighted by atomic mass is 10.0. The van der Waals surface area contributed by atoms with Gasteiger partial charge in [-0.15, -0.1) is 0 Å². The van der Waals surface area contributed by atoms with Gasteiger partial charge >= 0.3 is 0 Å². The molecule has 1 aromatic carbocycles. The summed E-state index contributed by atoms with van der Waals surface area (Å²) in [7, 11) is 1.71. The monoisotopic (exact) mass is 206 g/mol. The molecule has 3 nitrogen and oxygen atoms in total. The van der Waals surface area contributed by atoms with E-state index in [4.69, 9.17) is 4.74 Å². The Hall–Kier alpha value is -1.06. The van der Waals surface area contributed by atoms with E-state index in [1.807, 2.05) is 6.07 Å². The Labute approximate surface area is 90.8 Å².